The standard InChI is InChI=1S/C15H17N/c1-10(2)4-6-14-11(3)8-12-9-13(16)5-7-15(12)14/h4-7,9H,1,8,16H2,2-3H3/b6-4-. The Balaban J connectivity index is 2.41. The van der Waals surface area contributed by atoms with Crippen LogP contribution in [0, 0.1) is 0 Å². The molecule has 1 aliphatic rings. The third kappa shape index (κ3) is 1.94. The Hall–Kier alpha value is -1.76. The Morgan fingerprint density at radius 3 is 2.88 bits per heavy atom. The van der Waals surface area contributed by atoms with Crippen LogP contribution in [-0.2, 0) is 6.42 Å². The monoisotopic (exact) mass is 211 g/mol. The molecule has 0 aliphatic heterocycles. The predicted molar refractivity (Wildman–Crippen MR) is 71.1 cm³/mol. The van der Waals surface area contributed by atoms with Crippen molar-refractivity contribution in [2.24, 2.45) is 0 Å². The molecular weight excluding hydrogens is 194 g/mol. The summed E-state index contributed by atoms with van der Waals surface area (Å²) in [6, 6.07) is 6.14. The van der Waals surface area contributed by atoms with Gasteiger partial charge in [0.15, 0.2) is 0 Å². The smallest absolute Gasteiger partial charge is 0.0317 e. The number of nitrogen functional groups attached to an aromatic ring is 1. The van der Waals surface area contributed by atoms with Gasteiger partial charge in [-0.3, -0.25) is 0 Å². The van der Waals surface area contributed by atoms with Crippen LogP contribution in [0.4, 0.5) is 5.69 Å². The first-order valence-corrected chi connectivity index (χ1v) is 5.50. The van der Waals surface area contributed by atoms with Crippen LogP contribution in [0.25, 0.3) is 5.57 Å². The Morgan fingerprint density at radius 1 is 1.44 bits per heavy atom. The van der Waals surface area contributed by atoms with Gasteiger partial charge in [0, 0.05) is 5.69 Å². The van der Waals surface area contributed by atoms with Crippen LogP contribution in [0.1, 0.15) is 25.0 Å². The maximum Gasteiger partial charge on any atom is 0.0317 e. The lowest BCUT2D eigenvalue weighted by molar-refractivity contribution is 1.19. The SMILES string of the molecule is C=C(C)/C=C\C1=C(C)Cc2cc(N)ccc21. The molecule has 0 fully saturated rings. The van der Waals surface area contributed by atoms with E-state index in [-0.39, 0.29) is 0 Å². The van der Waals surface area contributed by atoms with E-state index < -0.39 is 0 Å². The van der Waals surface area contributed by atoms with Gasteiger partial charge in [-0.2, -0.15) is 0 Å². The maximum atomic E-state index is 5.79. The van der Waals surface area contributed by atoms with Gasteiger partial charge in [-0.1, -0.05) is 35.9 Å². The van der Waals surface area contributed by atoms with Crippen LogP contribution in [-0.4, -0.2) is 0 Å². The topological polar surface area (TPSA) is 26.0 Å². The van der Waals surface area contributed by atoms with E-state index in [4.69, 9.17) is 5.73 Å². The second kappa shape index (κ2) is 4.01. The minimum absolute atomic E-state index is 0.844. The highest BCUT2D eigenvalue weighted by Gasteiger charge is 2.16. The number of fused-ring (bicyclic) bond motifs is 1. The second-order valence-corrected chi connectivity index (χ2v) is 4.47. The second-order valence-electron chi connectivity index (χ2n) is 4.47. The number of hydrogen-bond donors (Lipinski definition) is 1. The van der Waals surface area contributed by atoms with E-state index in [0.29, 0.717) is 0 Å². The van der Waals surface area contributed by atoms with Gasteiger partial charge in [0.1, 0.15) is 0 Å². The average molecular weight is 211 g/mol. The Labute approximate surface area is 97.0 Å². The van der Waals surface area contributed by atoms with Crippen molar-refractivity contribution < 1.29 is 0 Å². The largest absolute Gasteiger partial charge is 0.399 e. The molecule has 1 nitrogen and oxygen atoms in total. The number of benzene rings is 1. The lowest BCUT2D eigenvalue weighted by Crippen LogP contribution is -1.89. The van der Waals surface area contributed by atoms with Gasteiger partial charge < -0.3 is 5.73 Å². The van der Waals surface area contributed by atoms with Crippen LogP contribution in [0.2, 0.25) is 0 Å². The third-order valence-corrected chi connectivity index (χ3v) is 2.87. The van der Waals surface area contributed by atoms with Crippen molar-refractivity contribution in [3.63, 3.8) is 0 Å². The van der Waals surface area contributed by atoms with Crippen LogP contribution in [0.5, 0.6) is 0 Å². The zero-order valence-corrected chi connectivity index (χ0v) is 9.88. The van der Waals surface area contributed by atoms with Gasteiger partial charge in [0.2, 0.25) is 0 Å². The summed E-state index contributed by atoms with van der Waals surface area (Å²) in [6.07, 6.45) is 5.22. The van der Waals surface area contributed by atoms with Gasteiger partial charge in [-0.25, -0.2) is 0 Å². The number of anilines is 1. The van der Waals surface area contributed by atoms with E-state index in [2.05, 4.69) is 37.8 Å². The molecule has 0 unspecified atom stereocenters. The molecule has 0 atom stereocenters. The van der Waals surface area contributed by atoms with E-state index in [0.717, 1.165) is 17.7 Å². The summed E-state index contributed by atoms with van der Waals surface area (Å²) in [7, 11) is 0. The zero-order valence-electron chi connectivity index (χ0n) is 9.88. The molecule has 0 saturated carbocycles. The average Bonchev–Trinajstić information content (AvgIpc) is 2.50. The van der Waals surface area contributed by atoms with Gasteiger partial charge in [0.25, 0.3) is 0 Å². The van der Waals surface area contributed by atoms with E-state index in [1.54, 1.807) is 0 Å². The Kier molecular flexibility index (Phi) is 2.69. The molecule has 0 amide bonds. The van der Waals surface area contributed by atoms with Crippen molar-refractivity contribution in [3.05, 3.63) is 59.2 Å². The molecule has 0 saturated heterocycles. The van der Waals surface area contributed by atoms with Crippen molar-refractivity contribution >= 4 is 11.3 Å². The summed E-state index contributed by atoms with van der Waals surface area (Å²) >= 11 is 0. The fourth-order valence-electron chi connectivity index (χ4n) is 2.09. The van der Waals surface area contributed by atoms with Crippen molar-refractivity contribution in [2.45, 2.75) is 20.3 Å². The fraction of sp³-hybridized carbons (Fsp3) is 0.200. The molecular formula is C15H17N. The summed E-state index contributed by atoms with van der Waals surface area (Å²) in [6.45, 7) is 8.06. The van der Waals surface area contributed by atoms with E-state index in [1.165, 1.54) is 22.3 Å². The van der Waals surface area contributed by atoms with Crippen LogP contribution < -0.4 is 5.73 Å². The number of allylic oxidation sites excluding steroid dienone is 5. The lowest BCUT2D eigenvalue weighted by Gasteiger charge is -2.02. The molecule has 2 N–H and O–H groups in total. The predicted octanol–water partition coefficient (Wildman–Crippen LogP) is 3.73. The Bertz CT molecular complexity index is 504. The molecule has 0 bridgehead atoms. The number of hydrogen-bond acceptors (Lipinski definition) is 1. The van der Waals surface area contributed by atoms with Crippen LogP contribution in [0.15, 0.2) is 48.1 Å². The van der Waals surface area contributed by atoms with E-state index in [9.17, 15) is 0 Å². The van der Waals surface area contributed by atoms with Crippen molar-refractivity contribution in [1.82, 2.24) is 0 Å². The molecule has 1 aliphatic carbocycles. The third-order valence-electron chi connectivity index (χ3n) is 2.87. The van der Waals surface area contributed by atoms with Crippen molar-refractivity contribution in [3.8, 4) is 0 Å². The normalized spacial score (nSPS) is 14.6. The van der Waals surface area contributed by atoms with Crippen molar-refractivity contribution in [1.29, 1.82) is 0 Å². The molecule has 0 spiro atoms. The molecule has 0 radical (unpaired) electrons. The molecule has 2 rings (SSSR count). The lowest BCUT2D eigenvalue weighted by atomic mass is 10.0. The summed E-state index contributed by atoms with van der Waals surface area (Å²) in [5.41, 5.74) is 13.1. The molecule has 0 heterocycles. The molecule has 1 heteroatoms. The van der Waals surface area contributed by atoms with Gasteiger partial charge in [-0.05, 0) is 49.1 Å². The van der Waals surface area contributed by atoms with Crippen LogP contribution >= 0.6 is 0 Å². The quantitative estimate of drug-likeness (QED) is 0.585. The van der Waals surface area contributed by atoms with Gasteiger partial charge in [-0.15, -0.1) is 0 Å². The maximum absolute atomic E-state index is 5.79. The van der Waals surface area contributed by atoms with E-state index in [1.807, 2.05) is 13.0 Å². The first-order chi connectivity index (χ1) is 7.58. The summed E-state index contributed by atoms with van der Waals surface area (Å²) in [4.78, 5) is 0. The molecule has 16 heavy (non-hydrogen) atoms. The molecule has 1 aromatic carbocycles. The van der Waals surface area contributed by atoms with Crippen molar-refractivity contribution in [2.75, 3.05) is 5.73 Å². The Morgan fingerprint density at radius 2 is 2.19 bits per heavy atom. The summed E-state index contributed by atoms with van der Waals surface area (Å²) < 4.78 is 0. The first-order valence-electron chi connectivity index (χ1n) is 5.50. The number of rotatable bonds is 2. The first kappa shape index (κ1) is 10.7. The highest BCUT2D eigenvalue weighted by Crippen LogP contribution is 2.34. The molecule has 0 aromatic heterocycles. The number of nitrogens with two attached hydrogens (primary N) is 1. The fourth-order valence-corrected chi connectivity index (χ4v) is 2.09. The summed E-state index contributed by atoms with van der Waals surface area (Å²) in [5, 5.41) is 0. The highest BCUT2D eigenvalue weighted by molar-refractivity contribution is 5.83. The molecule has 1 aromatic rings. The molecule has 82 valence electrons. The van der Waals surface area contributed by atoms with E-state index >= 15 is 0 Å². The zero-order chi connectivity index (χ0) is 11.7. The van der Waals surface area contributed by atoms with Gasteiger partial charge in [0.05, 0.1) is 0 Å². The minimum atomic E-state index is 0.844. The highest BCUT2D eigenvalue weighted by atomic mass is 14.5. The summed E-state index contributed by atoms with van der Waals surface area (Å²) in [5.74, 6) is 0. The van der Waals surface area contributed by atoms with Crippen LogP contribution in [0.3, 0.4) is 0 Å². The van der Waals surface area contributed by atoms with Gasteiger partial charge >= 0.3 is 0 Å². The minimum Gasteiger partial charge on any atom is -0.399 e.